The number of benzene rings is 2. The first-order chi connectivity index (χ1) is 13.6. The standard InChI is InChI=1S/C23H28BrNO3/c1-2-3-14-25-15-6-4-5-7-16-28-20-12-13-21(22(26)17-20)23(27)18-8-10-19(24)11-9-18/h2,8-13,17,25-26H,1,3-7,14-16H2. The molecule has 0 amide bonds. The highest BCUT2D eigenvalue weighted by Crippen LogP contribution is 2.26. The minimum absolute atomic E-state index is 0.0592. The number of ether oxygens (including phenoxy) is 1. The van der Waals surface area contributed by atoms with Crippen molar-refractivity contribution in [3.8, 4) is 11.5 Å². The van der Waals surface area contributed by atoms with Crippen molar-refractivity contribution in [2.75, 3.05) is 19.7 Å². The SMILES string of the molecule is C=CCCNCCCCCCOc1ccc(C(=O)c2ccc(Br)cc2)c(O)c1. The van der Waals surface area contributed by atoms with Gasteiger partial charge in [-0.05, 0) is 68.8 Å². The molecule has 0 spiro atoms. The number of hydrogen-bond acceptors (Lipinski definition) is 4. The number of ketones is 1. The number of nitrogens with one attached hydrogen (secondary N) is 1. The monoisotopic (exact) mass is 445 g/mol. The van der Waals surface area contributed by atoms with Gasteiger partial charge in [0.1, 0.15) is 11.5 Å². The minimum atomic E-state index is -0.210. The maximum absolute atomic E-state index is 12.5. The second-order valence-electron chi connectivity index (χ2n) is 6.60. The highest BCUT2D eigenvalue weighted by molar-refractivity contribution is 9.10. The molecule has 0 heterocycles. The van der Waals surface area contributed by atoms with Crippen LogP contribution in [-0.4, -0.2) is 30.6 Å². The van der Waals surface area contributed by atoms with Gasteiger partial charge in [-0.2, -0.15) is 0 Å². The second-order valence-corrected chi connectivity index (χ2v) is 7.52. The molecular weight excluding hydrogens is 418 g/mol. The number of hydrogen-bond donors (Lipinski definition) is 2. The summed E-state index contributed by atoms with van der Waals surface area (Å²) in [6.45, 7) is 6.34. The lowest BCUT2D eigenvalue weighted by atomic mass is 10.0. The molecule has 0 aliphatic carbocycles. The van der Waals surface area contributed by atoms with Crippen molar-refractivity contribution >= 4 is 21.7 Å². The number of carbonyl (C=O) groups excluding carboxylic acids is 1. The molecule has 0 saturated heterocycles. The van der Waals surface area contributed by atoms with E-state index in [2.05, 4.69) is 27.8 Å². The van der Waals surface area contributed by atoms with Crippen LogP contribution in [-0.2, 0) is 0 Å². The average molecular weight is 446 g/mol. The van der Waals surface area contributed by atoms with Gasteiger partial charge in [0.2, 0.25) is 0 Å². The quantitative estimate of drug-likeness (QED) is 0.243. The van der Waals surface area contributed by atoms with Crippen LogP contribution in [0, 0.1) is 0 Å². The highest BCUT2D eigenvalue weighted by Gasteiger charge is 2.14. The second kappa shape index (κ2) is 12.4. The largest absolute Gasteiger partial charge is 0.507 e. The van der Waals surface area contributed by atoms with E-state index in [1.54, 1.807) is 36.4 Å². The molecule has 0 atom stereocenters. The van der Waals surface area contributed by atoms with Gasteiger partial charge in [-0.15, -0.1) is 6.58 Å². The number of phenolic OH excluding ortho intramolecular Hbond substituents is 1. The molecule has 150 valence electrons. The zero-order chi connectivity index (χ0) is 20.2. The molecular formula is C23H28BrNO3. The summed E-state index contributed by atoms with van der Waals surface area (Å²) in [4.78, 5) is 12.5. The van der Waals surface area contributed by atoms with Gasteiger partial charge in [-0.25, -0.2) is 0 Å². The number of carbonyl (C=O) groups is 1. The van der Waals surface area contributed by atoms with Crippen LogP contribution >= 0.6 is 15.9 Å². The maximum atomic E-state index is 12.5. The van der Waals surface area contributed by atoms with Crippen LogP contribution in [0.5, 0.6) is 11.5 Å². The number of phenols is 1. The highest BCUT2D eigenvalue weighted by atomic mass is 79.9. The Morgan fingerprint density at radius 2 is 1.82 bits per heavy atom. The van der Waals surface area contributed by atoms with E-state index in [1.807, 2.05) is 6.08 Å². The summed E-state index contributed by atoms with van der Waals surface area (Å²) < 4.78 is 6.60. The summed E-state index contributed by atoms with van der Waals surface area (Å²) in [7, 11) is 0. The molecule has 4 nitrogen and oxygen atoms in total. The minimum Gasteiger partial charge on any atom is -0.507 e. The molecule has 28 heavy (non-hydrogen) atoms. The lowest BCUT2D eigenvalue weighted by Gasteiger charge is -2.09. The fraction of sp³-hybridized carbons (Fsp3) is 0.348. The Hall–Kier alpha value is -2.11. The van der Waals surface area contributed by atoms with Crippen LogP contribution in [0.3, 0.4) is 0 Å². The van der Waals surface area contributed by atoms with E-state index < -0.39 is 0 Å². The molecule has 5 heteroatoms. The zero-order valence-corrected chi connectivity index (χ0v) is 17.7. The molecule has 0 aliphatic rings. The third kappa shape index (κ3) is 7.49. The van der Waals surface area contributed by atoms with Gasteiger partial charge < -0.3 is 15.2 Å². The Morgan fingerprint density at radius 1 is 1.07 bits per heavy atom. The molecule has 0 aromatic heterocycles. The van der Waals surface area contributed by atoms with Crippen molar-refractivity contribution in [2.45, 2.75) is 32.1 Å². The summed E-state index contributed by atoms with van der Waals surface area (Å²) in [6.07, 6.45) is 7.32. The fourth-order valence-corrected chi connectivity index (χ4v) is 3.04. The van der Waals surface area contributed by atoms with Crippen LogP contribution in [0.2, 0.25) is 0 Å². The lowest BCUT2D eigenvalue weighted by molar-refractivity contribution is 0.103. The summed E-state index contributed by atoms with van der Waals surface area (Å²) >= 11 is 3.35. The lowest BCUT2D eigenvalue weighted by Crippen LogP contribution is -2.15. The predicted octanol–water partition coefficient (Wildman–Crippen LogP) is 5.49. The first kappa shape index (κ1) is 22.2. The van der Waals surface area contributed by atoms with Crippen molar-refractivity contribution in [3.05, 3.63) is 70.7 Å². The fourth-order valence-electron chi connectivity index (χ4n) is 2.77. The normalized spacial score (nSPS) is 10.6. The summed E-state index contributed by atoms with van der Waals surface area (Å²) in [5.41, 5.74) is 0.810. The smallest absolute Gasteiger partial charge is 0.196 e. The van der Waals surface area contributed by atoms with E-state index >= 15 is 0 Å². The van der Waals surface area contributed by atoms with E-state index in [0.717, 1.165) is 49.7 Å². The molecule has 0 fully saturated rings. The molecule has 0 saturated carbocycles. The van der Waals surface area contributed by atoms with Crippen LogP contribution < -0.4 is 10.1 Å². The first-order valence-corrected chi connectivity index (χ1v) is 10.5. The Labute approximate surface area is 175 Å². The zero-order valence-electron chi connectivity index (χ0n) is 16.1. The molecule has 0 unspecified atom stereocenters. The molecule has 0 bridgehead atoms. The van der Waals surface area contributed by atoms with E-state index in [0.29, 0.717) is 17.9 Å². The summed E-state index contributed by atoms with van der Waals surface area (Å²) in [6, 6.07) is 11.9. The van der Waals surface area contributed by atoms with Crippen LogP contribution in [0.15, 0.2) is 59.6 Å². The van der Waals surface area contributed by atoms with Crippen LogP contribution in [0.25, 0.3) is 0 Å². The predicted molar refractivity (Wildman–Crippen MR) is 117 cm³/mol. The Kier molecular flexibility index (Phi) is 9.80. The van der Waals surface area contributed by atoms with Crippen molar-refractivity contribution in [1.29, 1.82) is 0 Å². The first-order valence-electron chi connectivity index (χ1n) is 9.69. The molecule has 2 N–H and O–H groups in total. The molecule has 2 aromatic carbocycles. The molecule has 2 rings (SSSR count). The van der Waals surface area contributed by atoms with Crippen LogP contribution in [0.4, 0.5) is 0 Å². The van der Waals surface area contributed by atoms with Crippen LogP contribution in [0.1, 0.15) is 48.0 Å². The van der Waals surface area contributed by atoms with Crippen molar-refractivity contribution in [3.63, 3.8) is 0 Å². The average Bonchev–Trinajstić information content (AvgIpc) is 2.69. The van der Waals surface area contributed by atoms with Gasteiger partial charge in [0.15, 0.2) is 5.78 Å². The van der Waals surface area contributed by atoms with Gasteiger partial charge in [-0.3, -0.25) is 4.79 Å². The van der Waals surface area contributed by atoms with Gasteiger partial charge in [0.05, 0.1) is 12.2 Å². The third-order valence-electron chi connectivity index (χ3n) is 4.36. The number of rotatable bonds is 13. The van der Waals surface area contributed by atoms with Crippen molar-refractivity contribution in [2.24, 2.45) is 0 Å². The van der Waals surface area contributed by atoms with Gasteiger partial charge >= 0.3 is 0 Å². The summed E-state index contributed by atoms with van der Waals surface area (Å²) in [5, 5.41) is 13.6. The maximum Gasteiger partial charge on any atom is 0.196 e. The van der Waals surface area contributed by atoms with E-state index in [4.69, 9.17) is 4.74 Å². The number of unbranched alkanes of at least 4 members (excludes halogenated alkanes) is 3. The summed E-state index contributed by atoms with van der Waals surface area (Å²) in [5.74, 6) is 0.310. The third-order valence-corrected chi connectivity index (χ3v) is 4.89. The Balaban J connectivity index is 1.71. The molecule has 0 aliphatic heterocycles. The topological polar surface area (TPSA) is 58.6 Å². The molecule has 0 radical (unpaired) electrons. The van der Waals surface area contributed by atoms with E-state index in [9.17, 15) is 9.90 Å². The van der Waals surface area contributed by atoms with E-state index in [-0.39, 0.29) is 17.1 Å². The van der Waals surface area contributed by atoms with E-state index in [1.165, 1.54) is 6.07 Å². The number of aromatic hydroxyl groups is 1. The Bertz CT molecular complexity index is 759. The van der Waals surface area contributed by atoms with Crippen molar-refractivity contribution < 1.29 is 14.6 Å². The Morgan fingerprint density at radius 3 is 2.54 bits per heavy atom. The molecule has 2 aromatic rings. The van der Waals surface area contributed by atoms with Gasteiger partial charge in [0, 0.05) is 16.1 Å². The number of halogens is 1. The van der Waals surface area contributed by atoms with Crippen molar-refractivity contribution in [1.82, 2.24) is 5.32 Å². The van der Waals surface area contributed by atoms with Gasteiger partial charge in [-0.1, -0.05) is 34.8 Å². The van der Waals surface area contributed by atoms with Gasteiger partial charge in [0.25, 0.3) is 0 Å².